The molecule has 1 aromatic carbocycles. The van der Waals surface area contributed by atoms with Crippen LogP contribution in [0.4, 0.5) is 0 Å². The van der Waals surface area contributed by atoms with E-state index in [1.54, 1.807) is 6.92 Å². The number of nitrogens with zero attached hydrogens (tertiary/aromatic N) is 3. The fraction of sp³-hybridized carbons (Fsp3) is 0.609. The molecule has 166 valence electrons. The van der Waals surface area contributed by atoms with Crippen LogP contribution >= 0.6 is 11.6 Å². The molecular weight excluding hydrogens is 418 g/mol. The molecule has 0 bridgehead atoms. The number of aromatic nitrogens is 2. The summed E-state index contributed by atoms with van der Waals surface area (Å²) in [5.74, 6) is 1.18. The number of halogens is 1. The second-order valence-electron chi connectivity index (χ2n) is 9.78. The molecule has 5 rings (SSSR count). The fourth-order valence-corrected chi connectivity index (χ4v) is 5.55. The van der Waals surface area contributed by atoms with E-state index in [9.17, 15) is 4.79 Å². The zero-order valence-electron chi connectivity index (χ0n) is 18.2. The first-order valence-corrected chi connectivity index (χ1v) is 11.3. The predicted molar refractivity (Wildman–Crippen MR) is 114 cm³/mol. The smallest absolute Gasteiger partial charge is 0.228 e. The van der Waals surface area contributed by atoms with E-state index in [1.165, 1.54) is 0 Å². The summed E-state index contributed by atoms with van der Waals surface area (Å²) in [5.41, 5.74) is 2.08. The second kappa shape index (κ2) is 7.48. The first-order chi connectivity index (χ1) is 14.8. The molecule has 31 heavy (non-hydrogen) atoms. The van der Waals surface area contributed by atoms with Crippen LogP contribution in [0.2, 0.25) is 5.02 Å². The Kier molecular flexibility index (Phi) is 5.01. The molecule has 2 aromatic rings. The molecule has 8 heteroatoms. The van der Waals surface area contributed by atoms with E-state index in [2.05, 4.69) is 24.2 Å². The first-order valence-electron chi connectivity index (χ1n) is 10.9. The van der Waals surface area contributed by atoms with Gasteiger partial charge in [0.05, 0.1) is 19.1 Å². The lowest BCUT2D eigenvalue weighted by Gasteiger charge is -2.54. The van der Waals surface area contributed by atoms with Crippen LogP contribution in [0, 0.1) is 18.3 Å². The van der Waals surface area contributed by atoms with E-state index in [-0.39, 0.29) is 35.4 Å². The Balaban J connectivity index is 1.28. The van der Waals surface area contributed by atoms with Gasteiger partial charge >= 0.3 is 0 Å². The molecule has 3 aliphatic heterocycles. The molecule has 0 radical (unpaired) electrons. The average Bonchev–Trinajstić information content (AvgIpc) is 3.14. The van der Waals surface area contributed by atoms with Crippen molar-refractivity contribution in [3.8, 4) is 5.75 Å². The van der Waals surface area contributed by atoms with Crippen LogP contribution in [0.3, 0.4) is 0 Å². The highest BCUT2D eigenvalue weighted by Gasteiger charge is 2.52. The lowest BCUT2D eigenvalue weighted by atomic mass is 9.64. The molecule has 0 saturated carbocycles. The largest absolute Gasteiger partial charge is 0.487 e. The van der Waals surface area contributed by atoms with Gasteiger partial charge in [-0.15, -0.1) is 0 Å². The lowest BCUT2D eigenvalue weighted by molar-refractivity contribution is -0.176. The van der Waals surface area contributed by atoms with Gasteiger partial charge in [0, 0.05) is 29.6 Å². The van der Waals surface area contributed by atoms with Crippen LogP contribution in [0.5, 0.6) is 5.75 Å². The third-order valence-electron chi connectivity index (χ3n) is 7.37. The van der Waals surface area contributed by atoms with Crippen molar-refractivity contribution in [3.63, 3.8) is 0 Å². The maximum Gasteiger partial charge on any atom is 0.228 e. The Labute approximate surface area is 187 Å². The van der Waals surface area contributed by atoms with Gasteiger partial charge in [-0.2, -0.15) is 0 Å². The number of amides is 1. The molecule has 3 aliphatic rings. The summed E-state index contributed by atoms with van der Waals surface area (Å²) in [4.78, 5) is 14.7. The molecule has 0 unspecified atom stereocenters. The summed E-state index contributed by atoms with van der Waals surface area (Å²) < 4.78 is 17.6. The van der Waals surface area contributed by atoms with E-state index < -0.39 is 0 Å². The van der Waals surface area contributed by atoms with E-state index in [0.29, 0.717) is 23.0 Å². The Morgan fingerprint density at radius 3 is 2.74 bits per heavy atom. The standard InChI is InChI=1S/C23H28ClN3O4/c1-14-18(26-31-25-14)11-20(28)27-8-6-23(7-9-27)12-17-21(29-13-23)16-10-15(24)4-5-19(16)30-22(17,2)3/h4-5,10,17,21H,6-9,11-13H2,1-3H3/t17-,21+/m0/s1. The van der Waals surface area contributed by atoms with Crippen molar-refractivity contribution in [2.24, 2.45) is 11.3 Å². The minimum absolute atomic E-state index is 0.00891. The van der Waals surface area contributed by atoms with Crippen molar-refractivity contribution in [2.75, 3.05) is 19.7 Å². The molecule has 2 fully saturated rings. The quantitative estimate of drug-likeness (QED) is 0.691. The van der Waals surface area contributed by atoms with Crippen LogP contribution in [-0.2, 0) is 16.0 Å². The van der Waals surface area contributed by atoms with Gasteiger partial charge in [0.15, 0.2) is 0 Å². The summed E-state index contributed by atoms with van der Waals surface area (Å²) in [6.45, 7) is 8.26. The van der Waals surface area contributed by atoms with Crippen molar-refractivity contribution < 1.29 is 18.9 Å². The van der Waals surface area contributed by atoms with Gasteiger partial charge in [0.25, 0.3) is 0 Å². The molecule has 0 aliphatic carbocycles. The Morgan fingerprint density at radius 2 is 2.03 bits per heavy atom. The zero-order valence-corrected chi connectivity index (χ0v) is 18.9. The Morgan fingerprint density at radius 1 is 1.26 bits per heavy atom. The van der Waals surface area contributed by atoms with Crippen LogP contribution in [-0.4, -0.2) is 46.4 Å². The van der Waals surface area contributed by atoms with E-state index in [4.69, 9.17) is 25.7 Å². The number of carbonyl (C=O) groups excluding carboxylic acids is 1. The molecule has 0 N–H and O–H groups in total. The summed E-state index contributed by atoms with van der Waals surface area (Å²) in [6, 6.07) is 5.79. The summed E-state index contributed by atoms with van der Waals surface area (Å²) in [5, 5.41) is 8.31. The van der Waals surface area contributed by atoms with Gasteiger partial charge in [-0.1, -0.05) is 21.9 Å². The predicted octanol–water partition coefficient (Wildman–Crippen LogP) is 4.13. The van der Waals surface area contributed by atoms with Crippen molar-refractivity contribution in [1.29, 1.82) is 0 Å². The Bertz CT molecular complexity index is 996. The summed E-state index contributed by atoms with van der Waals surface area (Å²) in [6.07, 6.45) is 3.10. The number of rotatable bonds is 2. The monoisotopic (exact) mass is 445 g/mol. The normalized spacial score (nSPS) is 26.1. The molecule has 7 nitrogen and oxygen atoms in total. The molecule has 2 atom stereocenters. The topological polar surface area (TPSA) is 77.7 Å². The number of piperidine rings is 1. The zero-order chi connectivity index (χ0) is 21.8. The van der Waals surface area contributed by atoms with Gasteiger partial charge < -0.3 is 14.4 Å². The van der Waals surface area contributed by atoms with Crippen molar-refractivity contribution in [1.82, 2.24) is 15.2 Å². The molecule has 2 saturated heterocycles. The number of fused-ring (bicyclic) bond motifs is 3. The maximum atomic E-state index is 12.7. The van der Waals surface area contributed by atoms with E-state index in [1.807, 2.05) is 23.1 Å². The minimum Gasteiger partial charge on any atom is -0.487 e. The molecule has 1 spiro atoms. The second-order valence-corrected chi connectivity index (χ2v) is 10.2. The summed E-state index contributed by atoms with van der Waals surface area (Å²) >= 11 is 6.26. The Hall–Kier alpha value is -2.12. The van der Waals surface area contributed by atoms with Crippen LogP contribution in [0.1, 0.15) is 56.2 Å². The number of hydrogen-bond acceptors (Lipinski definition) is 6. The minimum atomic E-state index is -0.330. The highest BCUT2D eigenvalue weighted by molar-refractivity contribution is 6.30. The molecular formula is C23H28ClN3O4. The lowest BCUT2D eigenvalue weighted by Crippen LogP contribution is -2.54. The van der Waals surface area contributed by atoms with Crippen molar-refractivity contribution in [2.45, 2.75) is 58.2 Å². The highest BCUT2D eigenvalue weighted by atomic mass is 35.5. The van der Waals surface area contributed by atoms with Gasteiger partial charge in [0.1, 0.15) is 22.7 Å². The van der Waals surface area contributed by atoms with Gasteiger partial charge in [-0.25, -0.2) is 4.63 Å². The highest BCUT2D eigenvalue weighted by Crippen LogP contribution is 2.55. The summed E-state index contributed by atoms with van der Waals surface area (Å²) in [7, 11) is 0. The maximum absolute atomic E-state index is 12.7. The number of carbonyl (C=O) groups is 1. The average molecular weight is 446 g/mol. The first kappa shape index (κ1) is 20.8. The van der Waals surface area contributed by atoms with Crippen LogP contribution in [0.15, 0.2) is 22.8 Å². The number of ether oxygens (including phenoxy) is 2. The SMILES string of the molecule is Cc1nonc1CC(=O)N1CCC2(CC1)CO[C@@H]1c3cc(Cl)ccc3OC(C)(C)[C@H]1C2. The van der Waals surface area contributed by atoms with E-state index in [0.717, 1.165) is 43.7 Å². The number of aryl methyl sites for hydroxylation is 1. The van der Waals surface area contributed by atoms with Crippen LogP contribution in [0.25, 0.3) is 0 Å². The molecule has 4 heterocycles. The van der Waals surface area contributed by atoms with Crippen molar-refractivity contribution in [3.05, 3.63) is 40.2 Å². The van der Waals surface area contributed by atoms with Gasteiger partial charge in [-0.3, -0.25) is 4.79 Å². The molecule has 1 aromatic heterocycles. The number of hydrogen-bond donors (Lipinski definition) is 0. The third kappa shape index (κ3) is 3.72. The van der Waals surface area contributed by atoms with Crippen LogP contribution < -0.4 is 4.74 Å². The fourth-order valence-electron chi connectivity index (χ4n) is 5.37. The number of likely N-dealkylation sites (tertiary alicyclic amines) is 1. The van der Waals surface area contributed by atoms with E-state index >= 15 is 0 Å². The number of benzene rings is 1. The van der Waals surface area contributed by atoms with Crippen molar-refractivity contribution >= 4 is 17.5 Å². The third-order valence-corrected chi connectivity index (χ3v) is 7.61. The van der Waals surface area contributed by atoms with Gasteiger partial charge in [0.2, 0.25) is 5.91 Å². The van der Waals surface area contributed by atoms with Gasteiger partial charge in [-0.05, 0) is 63.6 Å². The molecule has 1 amide bonds.